The quantitative estimate of drug-likeness (QED) is 0.560. The van der Waals surface area contributed by atoms with Crippen LogP contribution in [0.3, 0.4) is 0 Å². The summed E-state index contributed by atoms with van der Waals surface area (Å²) in [5, 5.41) is 3.92. The van der Waals surface area contributed by atoms with Gasteiger partial charge in [-0.05, 0) is 18.6 Å². The fourth-order valence-corrected chi connectivity index (χ4v) is 6.40. The molecule has 1 aliphatic heterocycles. The van der Waals surface area contributed by atoms with Crippen LogP contribution in [0.2, 0.25) is 0 Å². The van der Waals surface area contributed by atoms with Gasteiger partial charge in [-0.25, -0.2) is 21.8 Å². The number of rotatable bonds is 5. The number of hydrogen-bond acceptors (Lipinski definition) is 7. The minimum absolute atomic E-state index is 0.0755. The summed E-state index contributed by atoms with van der Waals surface area (Å²) in [7, 11) is -5.83. The van der Waals surface area contributed by atoms with E-state index in [0.29, 0.717) is 18.0 Å². The van der Waals surface area contributed by atoms with E-state index in [4.69, 9.17) is 4.42 Å². The maximum Gasteiger partial charge on any atom is 0.246 e. The first-order chi connectivity index (χ1) is 14.7. The van der Waals surface area contributed by atoms with Crippen LogP contribution in [-0.4, -0.2) is 66.4 Å². The molecule has 0 saturated carbocycles. The van der Waals surface area contributed by atoms with Crippen LogP contribution in [0, 0.1) is 6.92 Å². The van der Waals surface area contributed by atoms with Crippen molar-refractivity contribution in [2.45, 2.75) is 23.1 Å². The van der Waals surface area contributed by atoms with Gasteiger partial charge in [0, 0.05) is 51.9 Å². The minimum atomic E-state index is -3.76. The average molecular weight is 466 g/mol. The molecule has 0 spiro atoms. The molecule has 3 aromatic rings. The summed E-state index contributed by atoms with van der Waals surface area (Å²) in [6, 6.07) is 6.43. The molecule has 0 unspecified atom stereocenters. The van der Waals surface area contributed by atoms with E-state index in [1.165, 1.54) is 44.1 Å². The Hall–Kier alpha value is -2.54. The van der Waals surface area contributed by atoms with Crippen molar-refractivity contribution >= 4 is 20.0 Å². The fourth-order valence-electron chi connectivity index (χ4n) is 3.47. The van der Waals surface area contributed by atoms with E-state index in [2.05, 4.69) is 10.1 Å². The summed E-state index contributed by atoms with van der Waals surface area (Å²) in [6.07, 6.45) is 4.65. The Kier molecular flexibility index (Phi) is 5.73. The number of sulfonamides is 2. The van der Waals surface area contributed by atoms with Crippen molar-refractivity contribution in [2.75, 3.05) is 26.2 Å². The average Bonchev–Trinajstić information content (AvgIpc) is 3.28. The first-order valence-corrected chi connectivity index (χ1v) is 12.6. The summed E-state index contributed by atoms with van der Waals surface area (Å²) in [5.74, 6) is 0.530. The van der Waals surface area contributed by atoms with Crippen molar-refractivity contribution in [3.63, 3.8) is 0 Å². The van der Waals surface area contributed by atoms with Crippen LogP contribution in [0.5, 0.6) is 0 Å². The third kappa shape index (κ3) is 4.28. The number of oxazole rings is 1. The first-order valence-electron chi connectivity index (χ1n) is 9.69. The van der Waals surface area contributed by atoms with Gasteiger partial charge in [0.15, 0.2) is 5.89 Å². The lowest BCUT2D eigenvalue weighted by atomic mass is 10.2. The van der Waals surface area contributed by atoms with E-state index in [0.717, 1.165) is 5.56 Å². The first kappa shape index (κ1) is 21.7. The Morgan fingerprint density at radius 1 is 0.903 bits per heavy atom. The van der Waals surface area contributed by atoms with Crippen LogP contribution in [0.15, 0.2) is 57.1 Å². The molecule has 4 rings (SSSR count). The zero-order valence-corrected chi connectivity index (χ0v) is 18.8. The van der Waals surface area contributed by atoms with Gasteiger partial charge in [0.1, 0.15) is 16.9 Å². The summed E-state index contributed by atoms with van der Waals surface area (Å²) >= 11 is 0. The Morgan fingerprint density at radius 3 is 2.03 bits per heavy atom. The van der Waals surface area contributed by atoms with Crippen molar-refractivity contribution in [3.8, 4) is 11.3 Å². The summed E-state index contributed by atoms with van der Waals surface area (Å²) in [6.45, 7) is 2.37. The number of aromatic nitrogens is 3. The molecule has 0 N–H and O–H groups in total. The van der Waals surface area contributed by atoms with E-state index >= 15 is 0 Å². The second-order valence-corrected chi connectivity index (χ2v) is 11.2. The van der Waals surface area contributed by atoms with Gasteiger partial charge in [-0.1, -0.05) is 12.1 Å². The third-order valence-electron chi connectivity index (χ3n) is 5.14. The van der Waals surface area contributed by atoms with Crippen LogP contribution in [0.1, 0.15) is 12.3 Å². The van der Waals surface area contributed by atoms with Gasteiger partial charge in [0.25, 0.3) is 0 Å². The predicted octanol–water partition coefficient (Wildman–Crippen LogP) is 1.47. The zero-order chi connectivity index (χ0) is 22.2. The zero-order valence-electron chi connectivity index (χ0n) is 17.2. The molecule has 2 aromatic heterocycles. The molecule has 3 heterocycles. The van der Waals surface area contributed by atoms with Gasteiger partial charge in [0.2, 0.25) is 20.0 Å². The normalized spacial score (nSPS) is 17.0. The third-order valence-corrected chi connectivity index (χ3v) is 8.90. The summed E-state index contributed by atoms with van der Waals surface area (Å²) in [5.41, 5.74) is 1.38. The van der Waals surface area contributed by atoms with E-state index in [1.54, 1.807) is 26.1 Å². The lowest BCUT2D eigenvalue weighted by Gasteiger charge is -2.21. The van der Waals surface area contributed by atoms with E-state index in [1.807, 2.05) is 0 Å². The Morgan fingerprint density at radius 2 is 1.52 bits per heavy atom. The monoisotopic (exact) mass is 465 g/mol. The highest BCUT2D eigenvalue weighted by Crippen LogP contribution is 2.24. The topological polar surface area (TPSA) is 119 Å². The Labute approximate surface area is 181 Å². The Bertz CT molecular complexity index is 1280. The molecule has 0 bridgehead atoms. The summed E-state index contributed by atoms with van der Waals surface area (Å²) < 4.78 is 61.2. The molecule has 1 aliphatic rings. The highest BCUT2D eigenvalue weighted by Gasteiger charge is 2.32. The van der Waals surface area contributed by atoms with Crippen molar-refractivity contribution in [2.24, 2.45) is 7.05 Å². The van der Waals surface area contributed by atoms with Crippen LogP contribution < -0.4 is 0 Å². The molecule has 1 aromatic carbocycles. The molecule has 0 radical (unpaired) electrons. The van der Waals surface area contributed by atoms with Gasteiger partial charge < -0.3 is 4.42 Å². The highest BCUT2D eigenvalue weighted by atomic mass is 32.2. The predicted molar refractivity (Wildman–Crippen MR) is 112 cm³/mol. The van der Waals surface area contributed by atoms with Gasteiger partial charge in [0.05, 0.1) is 11.1 Å². The maximum atomic E-state index is 13.1. The molecule has 1 fully saturated rings. The lowest BCUT2D eigenvalue weighted by molar-refractivity contribution is 0.404. The van der Waals surface area contributed by atoms with Gasteiger partial charge in [-0.2, -0.15) is 13.7 Å². The van der Waals surface area contributed by atoms with E-state index in [-0.39, 0.29) is 36.0 Å². The van der Waals surface area contributed by atoms with Crippen molar-refractivity contribution in [1.29, 1.82) is 0 Å². The molecule has 12 heteroatoms. The molecule has 10 nitrogen and oxygen atoms in total. The highest BCUT2D eigenvalue weighted by molar-refractivity contribution is 7.89. The second-order valence-electron chi connectivity index (χ2n) is 7.29. The number of aryl methyl sites for hydroxylation is 2. The minimum Gasteiger partial charge on any atom is -0.449 e. The molecular formula is C19H23N5O5S2. The second kappa shape index (κ2) is 8.19. The van der Waals surface area contributed by atoms with Crippen molar-refractivity contribution in [3.05, 3.63) is 48.8 Å². The SMILES string of the molecule is Cc1nc(-c2ccc(S(=O)(=O)N3CCCN(S(=O)(=O)c4cnn(C)c4)CC3)cc2)co1. The molecular weight excluding hydrogens is 442 g/mol. The standard InChI is InChI=1S/C19H23N5O5S2/c1-15-21-19(14-29-15)16-4-6-17(7-5-16)30(25,26)23-8-3-9-24(11-10-23)31(27,28)18-12-20-22(2)13-18/h4-7,12-14H,3,8-11H2,1-2H3. The van der Waals surface area contributed by atoms with Crippen LogP contribution in [0.25, 0.3) is 11.3 Å². The molecule has 1 saturated heterocycles. The molecule has 166 valence electrons. The number of benzene rings is 1. The lowest BCUT2D eigenvalue weighted by Crippen LogP contribution is -2.37. The molecule has 0 atom stereocenters. The van der Waals surface area contributed by atoms with Crippen LogP contribution >= 0.6 is 0 Å². The number of hydrogen-bond donors (Lipinski definition) is 0. The van der Waals surface area contributed by atoms with Gasteiger partial charge in [-0.3, -0.25) is 4.68 Å². The fraction of sp³-hybridized carbons (Fsp3) is 0.368. The maximum absolute atomic E-state index is 13.1. The summed E-state index contributed by atoms with van der Waals surface area (Å²) in [4.78, 5) is 4.49. The van der Waals surface area contributed by atoms with Gasteiger partial charge >= 0.3 is 0 Å². The molecule has 31 heavy (non-hydrogen) atoms. The van der Waals surface area contributed by atoms with Crippen molar-refractivity contribution < 1.29 is 21.3 Å². The number of nitrogens with zero attached hydrogens (tertiary/aromatic N) is 5. The Balaban J connectivity index is 1.50. The van der Waals surface area contributed by atoms with Crippen LogP contribution in [0.4, 0.5) is 0 Å². The van der Waals surface area contributed by atoms with Crippen LogP contribution in [-0.2, 0) is 27.1 Å². The van der Waals surface area contributed by atoms with Gasteiger partial charge in [-0.15, -0.1) is 0 Å². The molecule has 0 amide bonds. The van der Waals surface area contributed by atoms with Crippen molar-refractivity contribution in [1.82, 2.24) is 23.4 Å². The smallest absolute Gasteiger partial charge is 0.246 e. The molecule has 0 aliphatic carbocycles. The van der Waals surface area contributed by atoms with E-state index in [9.17, 15) is 16.8 Å². The van der Waals surface area contributed by atoms with E-state index < -0.39 is 20.0 Å². The largest absolute Gasteiger partial charge is 0.449 e.